The number of thiophene rings is 1. The van der Waals surface area contributed by atoms with E-state index < -0.39 is 10.0 Å². The molecule has 4 nitrogen and oxygen atoms in total. The summed E-state index contributed by atoms with van der Waals surface area (Å²) in [6.07, 6.45) is 0.477. The van der Waals surface area contributed by atoms with Crippen molar-refractivity contribution < 1.29 is 13.5 Å². The van der Waals surface area contributed by atoms with Gasteiger partial charge in [-0.05, 0) is 23.8 Å². The van der Waals surface area contributed by atoms with Crippen LogP contribution in [0.25, 0.3) is 0 Å². The largest absolute Gasteiger partial charge is 0.396 e. The first-order valence-corrected chi connectivity index (χ1v) is 9.05. The molecule has 20 heavy (non-hydrogen) atoms. The highest BCUT2D eigenvalue weighted by molar-refractivity contribution is 9.10. The van der Waals surface area contributed by atoms with E-state index in [1.54, 1.807) is 12.1 Å². The number of benzene rings is 1. The van der Waals surface area contributed by atoms with Crippen LogP contribution in [0.2, 0.25) is 0 Å². The van der Waals surface area contributed by atoms with Crippen molar-refractivity contribution in [3.63, 3.8) is 0 Å². The van der Waals surface area contributed by atoms with Gasteiger partial charge in [-0.25, -0.2) is 13.1 Å². The molecule has 0 atom stereocenters. The molecule has 0 radical (unpaired) electrons. The van der Waals surface area contributed by atoms with Gasteiger partial charge in [0.05, 0.1) is 0 Å². The van der Waals surface area contributed by atoms with Gasteiger partial charge in [0.15, 0.2) is 0 Å². The molecule has 0 aliphatic rings. The van der Waals surface area contributed by atoms with Gasteiger partial charge in [0.2, 0.25) is 10.0 Å². The molecule has 0 fully saturated rings. The Balaban J connectivity index is 2.09. The number of nitrogens with one attached hydrogen (secondary N) is 1. The summed E-state index contributed by atoms with van der Waals surface area (Å²) in [5.41, 5.74) is 0.878. The predicted molar refractivity (Wildman–Crippen MR) is 83.3 cm³/mol. The predicted octanol–water partition coefficient (Wildman–Crippen LogP) is 2.52. The second-order valence-corrected chi connectivity index (χ2v) is 8.13. The van der Waals surface area contributed by atoms with Crippen LogP contribution in [0.5, 0.6) is 0 Å². The van der Waals surface area contributed by atoms with Crippen LogP contribution in [0.15, 0.2) is 45.1 Å². The molecule has 2 N–H and O–H groups in total. The summed E-state index contributed by atoms with van der Waals surface area (Å²) < 4.78 is 28.0. The van der Waals surface area contributed by atoms with Crippen molar-refractivity contribution in [2.24, 2.45) is 0 Å². The molecule has 2 aromatic rings. The molecular formula is C13H14BrNO3S2. The maximum absolute atomic E-state index is 12.2. The van der Waals surface area contributed by atoms with Crippen molar-refractivity contribution in [2.45, 2.75) is 17.2 Å². The fraction of sp³-hybridized carbons (Fsp3) is 0.231. The van der Waals surface area contributed by atoms with Crippen molar-refractivity contribution in [3.05, 3.63) is 51.3 Å². The monoisotopic (exact) mass is 375 g/mol. The minimum absolute atomic E-state index is 0.0182. The third-order valence-electron chi connectivity index (χ3n) is 2.67. The van der Waals surface area contributed by atoms with Crippen LogP contribution in [0.3, 0.4) is 0 Å². The molecular weight excluding hydrogens is 362 g/mol. The molecule has 1 heterocycles. The molecule has 0 unspecified atom stereocenters. The normalized spacial score (nSPS) is 11.7. The van der Waals surface area contributed by atoms with Crippen molar-refractivity contribution in [1.82, 2.24) is 4.72 Å². The van der Waals surface area contributed by atoms with E-state index in [2.05, 4.69) is 20.7 Å². The molecule has 0 aliphatic carbocycles. The number of aliphatic hydroxyl groups is 1. The third-order valence-corrected chi connectivity index (χ3v) is 6.48. The van der Waals surface area contributed by atoms with Crippen molar-refractivity contribution in [3.8, 4) is 0 Å². The summed E-state index contributed by atoms with van der Waals surface area (Å²) in [5, 5.41) is 8.85. The van der Waals surface area contributed by atoms with Gasteiger partial charge in [0, 0.05) is 28.9 Å². The summed E-state index contributed by atoms with van der Waals surface area (Å²) in [7, 11) is -3.51. The van der Waals surface area contributed by atoms with Crippen LogP contribution in [0.4, 0.5) is 0 Å². The van der Waals surface area contributed by atoms with Gasteiger partial charge in [-0.2, -0.15) is 0 Å². The lowest BCUT2D eigenvalue weighted by Gasteiger charge is -2.06. The Morgan fingerprint density at radius 2 is 1.95 bits per heavy atom. The quantitative estimate of drug-likeness (QED) is 0.814. The maximum atomic E-state index is 12.2. The number of aliphatic hydroxyl groups excluding tert-OH is 1. The minimum atomic E-state index is -3.51. The van der Waals surface area contributed by atoms with Crippen molar-refractivity contribution in [1.29, 1.82) is 0 Å². The Bertz CT molecular complexity index is 682. The molecule has 7 heteroatoms. The van der Waals surface area contributed by atoms with Gasteiger partial charge in [-0.1, -0.05) is 34.1 Å². The lowest BCUT2D eigenvalue weighted by atomic mass is 10.2. The fourth-order valence-electron chi connectivity index (χ4n) is 1.63. The minimum Gasteiger partial charge on any atom is -0.396 e. The summed E-state index contributed by atoms with van der Waals surface area (Å²) in [6, 6.07) is 10.8. The van der Waals surface area contributed by atoms with Gasteiger partial charge in [-0.3, -0.25) is 0 Å². The van der Waals surface area contributed by atoms with Crippen molar-refractivity contribution in [2.75, 3.05) is 6.61 Å². The second-order valence-electron chi connectivity index (χ2n) is 4.11. The van der Waals surface area contributed by atoms with Gasteiger partial charge in [-0.15, -0.1) is 11.3 Å². The van der Waals surface area contributed by atoms with Crippen LogP contribution in [0, 0.1) is 0 Å². The first-order valence-electron chi connectivity index (χ1n) is 5.95. The Hall–Kier alpha value is -0.730. The zero-order chi connectivity index (χ0) is 14.6. The first kappa shape index (κ1) is 15.7. The molecule has 0 saturated carbocycles. The average molecular weight is 376 g/mol. The van der Waals surface area contributed by atoms with Gasteiger partial charge in [0.25, 0.3) is 0 Å². The number of hydrogen-bond donors (Lipinski definition) is 2. The zero-order valence-electron chi connectivity index (χ0n) is 10.5. The van der Waals surface area contributed by atoms with Gasteiger partial charge in [0.1, 0.15) is 4.21 Å². The maximum Gasteiger partial charge on any atom is 0.250 e. The van der Waals surface area contributed by atoms with Crippen LogP contribution in [-0.2, 0) is 23.0 Å². The second kappa shape index (κ2) is 6.82. The van der Waals surface area contributed by atoms with E-state index in [1.165, 1.54) is 11.3 Å². The number of sulfonamides is 1. The number of hydrogen-bond acceptors (Lipinski definition) is 4. The Morgan fingerprint density at radius 1 is 1.20 bits per heavy atom. The summed E-state index contributed by atoms with van der Waals surface area (Å²) in [6.45, 7) is 0.251. The van der Waals surface area contributed by atoms with Crippen LogP contribution >= 0.6 is 27.3 Å². The summed E-state index contributed by atoms with van der Waals surface area (Å²) >= 11 is 4.57. The summed E-state index contributed by atoms with van der Waals surface area (Å²) in [5.74, 6) is 0. The van der Waals surface area contributed by atoms with E-state index in [1.807, 2.05) is 24.3 Å². The van der Waals surface area contributed by atoms with E-state index in [9.17, 15) is 8.42 Å². The molecule has 0 spiro atoms. The topological polar surface area (TPSA) is 66.4 Å². The lowest BCUT2D eigenvalue weighted by Crippen LogP contribution is -2.22. The average Bonchev–Trinajstić information content (AvgIpc) is 2.88. The Morgan fingerprint density at radius 3 is 2.65 bits per heavy atom. The van der Waals surface area contributed by atoms with Gasteiger partial charge >= 0.3 is 0 Å². The van der Waals surface area contributed by atoms with E-state index in [0.717, 1.165) is 14.9 Å². The first-order chi connectivity index (χ1) is 9.53. The van der Waals surface area contributed by atoms with Crippen LogP contribution < -0.4 is 4.72 Å². The zero-order valence-corrected chi connectivity index (χ0v) is 13.8. The molecule has 0 aliphatic heterocycles. The Labute approximate surface area is 130 Å². The van der Waals surface area contributed by atoms with Crippen molar-refractivity contribution >= 4 is 37.3 Å². The lowest BCUT2D eigenvalue weighted by molar-refractivity contribution is 0.300. The smallest absolute Gasteiger partial charge is 0.250 e. The Kier molecular flexibility index (Phi) is 5.34. The molecule has 108 valence electrons. The molecule has 2 rings (SSSR count). The molecule has 1 aromatic heterocycles. The van der Waals surface area contributed by atoms with Crippen LogP contribution in [-0.4, -0.2) is 20.1 Å². The number of rotatable bonds is 6. The van der Waals surface area contributed by atoms with E-state index in [0.29, 0.717) is 6.42 Å². The van der Waals surface area contributed by atoms with E-state index >= 15 is 0 Å². The molecule has 0 bridgehead atoms. The molecule has 1 aromatic carbocycles. The number of halogens is 1. The highest BCUT2D eigenvalue weighted by atomic mass is 79.9. The third kappa shape index (κ3) is 3.89. The highest BCUT2D eigenvalue weighted by Crippen LogP contribution is 2.22. The highest BCUT2D eigenvalue weighted by Gasteiger charge is 2.16. The molecule has 0 saturated heterocycles. The van der Waals surface area contributed by atoms with Gasteiger partial charge < -0.3 is 5.11 Å². The SMILES string of the molecule is O=S(=O)(NCc1ccccc1Br)c1ccc(CCO)s1. The standard InChI is InChI=1S/C13H14BrNO3S2/c14-12-4-2-1-3-10(12)9-15-20(17,18)13-6-5-11(19-13)7-8-16/h1-6,15-16H,7-9H2. The molecule has 0 amide bonds. The fourth-order valence-corrected chi connectivity index (χ4v) is 4.45. The summed E-state index contributed by atoms with van der Waals surface area (Å²) in [4.78, 5) is 0.855. The van der Waals surface area contributed by atoms with E-state index in [-0.39, 0.29) is 17.4 Å². The van der Waals surface area contributed by atoms with Crippen LogP contribution in [0.1, 0.15) is 10.4 Å². The van der Waals surface area contributed by atoms with E-state index in [4.69, 9.17) is 5.11 Å².